The molecular weight excluding hydrogens is 240 g/mol. The molecule has 1 amide bonds. The zero-order valence-corrected chi connectivity index (χ0v) is 11.8. The van der Waals surface area contributed by atoms with Gasteiger partial charge in [0.15, 0.2) is 0 Å². The van der Waals surface area contributed by atoms with Gasteiger partial charge in [0.05, 0.1) is 19.1 Å². The normalized spacial score (nSPS) is 35.8. The van der Waals surface area contributed by atoms with Gasteiger partial charge in [0.2, 0.25) is 5.91 Å². The molecule has 3 fully saturated rings. The molecule has 0 spiro atoms. The zero-order chi connectivity index (χ0) is 13.1. The molecule has 2 saturated heterocycles. The van der Waals surface area contributed by atoms with Gasteiger partial charge in [-0.25, -0.2) is 0 Å². The minimum Gasteiger partial charge on any atom is -0.375 e. The fraction of sp³-hybridized carbons (Fsp3) is 0.933. The summed E-state index contributed by atoms with van der Waals surface area (Å²) in [7, 11) is 0. The number of piperidine rings is 1. The minimum absolute atomic E-state index is 0.0882. The van der Waals surface area contributed by atoms with Crippen LogP contribution in [0.25, 0.3) is 0 Å². The van der Waals surface area contributed by atoms with Gasteiger partial charge in [-0.2, -0.15) is 0 Å². The van der Waals surface area contributed by atoms with E-state index in [4.69, 9.17) is 4.74 Å². The molecular formula is C15H26N2O2. The fourth-order valence-electron chi connectivity index (χ4n) is 4.00. The van der Waals surface area contributed by atoms with Crippen molar-refractivity contribution in [1.82, 2.24) is 10.2 Å². The zero-order valence-electron chi connectivity index (χ0n) is 11.8. The molecule has 0 aromatic rings. The van der Waals surface area contributed by atoms with Crippen molar-refractivity contribution in [1.29, 1.82) is 0 Å². The second-order valence-electron chi connectivity index (χ2n) is 6.24. The summed E-state index contributed by atoms with van der Waals surface area (Å²) >= 11 is 0. The number of nitrogens with zero attached hydrogens (tertiary/aromatic N) is 1. The molecule has 108 valence electrons. The number of hydrogen-bond acceptors (Lipinski definition) is 3. The third kappa shape index (κ3) is 3.11. The van der Waals surface area contributed by atoms with Crippen LogP contribution in [-0.4, -0.2) is 49.2 Å². The summed E-state index contributed by atoms with van der Waals surface area (Å²) in [5.74, 6) is 1.10. The standard InChI is InChI=1S/C15H26N2O2/c18-15(10-13-11-16-7-9-19-13)17-8-3-5-12-4-1-2-6-14(12)17/h12-14,16H,1-11H2/t12-,13?,14-/m1/s1. The monoisotopic (exact) mass is 266 g/mol. The van der Waals surface area contributed by atoms with Crippen molar-refractivity contribution in [3.05, 3.63) is 0 Å². The average Bonchev–Trinajstić information content (AvgIpc) is 2.47. The molecule has 1 N–H and O–H groups in total. The molecule has 3 aliphatic rings. The first-order chi connectivity index (χ1) is 9.34. The van der Waals surface area contributed by atoms with Crippen molar-refractivity contribution in [3.8, 4) is 0 Å². The lowest BCUT2D eigenvalue weighted by Gasteiger charge is -2.44. The maximum absolute atomic E-state index is 12.5. The Morgan fingerprint density at radius 2 is 2.05 bits per heavy atom. The maximum atomic E-state index is 12.5. The van der Waals surface area contributed by atoms with Crippen LogP contribution in [0.1, 0.15) is 44.9 Å². The van der Waals surface area contributed by atoms with Crippen molar-refractivity contribution in [2.24, 2.45) is 5.92 Å². The first-order valence-electron chi connectivity index (χ1n) is 7.96. The Hall–Kier alpha value is -0.610. The van der Waals surface area contributed by atoms with E-state index in [-0.39, 0.29) is 6.10 Å². The highest BCUT2D eigenvalue weighted by Crippen LogP contribution is 2.35. The summed E-state index contributed by atoms with van der Waals surface area (Å²) in [4.78, 5) is 14.7. The molecule has 2 aliphatic heterocycles. The Labute approximate surface area is 115 Å². The van der Waals surface area contributed by atoms with Crippen LogP contribution in [0, 0.1) is 5.92 Å². The molecule has 1 unspecified atom stereocenters. The van der Waals surface area contributed by atoms with Crippen molar-refractivity contribution in [2.75, 3.05) is 26.2 Å². The van der Waals surface area contributed by atoms with Crippen LogP contribution in [0.2, 0.25) is 0 Å². The first kappa shape index (κ1) is 13.4. The average molecular weight is 266 g/mol. The van der Waals surface area contributed by atoms with E-state index in [1.54, 1.807) is 0 Å². The van der Waals surface area contributed by atoms with E-state index < -0.39 is 0 Å². The fourth-order valence-corrected chi connectivity index (χ4v) is 4.00. The number of amides is 1. The number of ether oxygens (including phenoxy) is 1. The molecule has 1 saturated carbocycles. The molecule has 19 heavy (non-hydrogen) atoms. The Kier molecular flexibility index (Phi) is 4.38. The summed E-state index contributed by atoms with van der Waals surface area (Å²) in [5, 5.41) is 3.30. The smallest absolute Gasteiger partial charge is 0.225 e. The number of rotatable bonds is 2. The predicted molar refractivity (Wildman–Crippen MR) is 73.9 cm³/mol. The first-order valence-corrected chi connectivity index (χ1v) is 7.96. The van der Waals surface area contributed by atoms with Crippen LogP contribution in [0.3, 0.4) is 0 Å². The van der Waals surface area contributed by atoms with E-state index >= 15 is 0 Å². The Bertz CT molecular complexity index is 313. The second kappa shape index (κ2) is 6.23. The predicted octanol–water partition coefficient (Wildman–Crippen LogP) is 1.55. The topological polar surface area (TPSA) is 41.6 Å². The molecule has 3 atom stereocenters. The van der Waals surface area contributed by atoms with Crippen LogP contribution < -0.4 is 5.32 Å². The quantitative estimate of drug-likeness (QED) is 0.824. The van der Waals surface area contributed by atoms with Crippen molar-refractivity contribution < 1.29 is 9.53 Å². The van der Waals surface area contributed by atoms with Gasteiger partial charge < -0.3 is 15.0 Å². The summed E-state index contributed by atoms with van der Waals surface area (Å²) < 4.78 is 5.67. The van der Waals surface area contributed by atoms with Gasteiger partial charge in [-0.15, -0.1) is 0 Å². The van der Waals surface area contributed by atoms with Gasteiger partial charge in [0.1, 0.15) is 0 Å². The molecule has 4 heteroatoms. The van der Waals surface area contributed by atoms with Crippen LogP contribution in [0.4, 0.5) is 0 Å². The van der Waals surface area contributed by atoms with Crippen molar-refractivity contribution in [2.45, 2.75) is 57.1 Å². The van der Waals surface area contributed by atoms with E-state index in [0.717, 1.165) is 32.2 Å². The summed E-state index contributed by atoms with van der Waals surface area (Å²) in [6.07, 6.45) is 8.38. The SMILES string of the molecule is O=C(CC1CNCCO1)N1CCC[C@H]2CCCC[C@H]21. The number of hydrogen-bond donors (Lipinski definition) is 1. The molecule has 1 aliphatic carbocycles. The third-order valence-electron chi connectivity index (χ3n) is 4.97. The lowest BCUT2D eigenvalue weighted by atomic mass is 9.78. The number of morpholine rings is 1. The highest BCUT2D eigenvalue weighted by atomic mass is 16.5. The molecule has 2 heterocycles. The molecule has 0 aromatic carbocycles. The molecule has 0 aromatic heterocycles. The summed E-state index contributed by atoms with van der Waals surface area (Å²) in [5.41, 5.74) is 0. The Morgan fingerprint density at radius 1 is 1.21 bits per heavy atom. The molecule has 0 bridgehead atoms. The number of likely N-dealkylation sites (tertiary alicyclic amines) is 1. The van der Waals surface area contributed by atoms with Crippen LogP contribution in [0.5, 0.6) is 0 Å². The summed E-state index contributed by atoms with van der Waals surface area (Å²) in [6.45, 7) is 3.46. The van der Waals surface area contributed by atoms with Crippen LogP contribution in [0.15, 0.2) is 0 Å². The van der Waals surface area contributed by atoms with Gasteiger partial charge in [-0.1, -0.05) is 12.8 Å². The van der Waals surface area contributed by atoms with E-state index in [1.807, 2.05) is 0 Å². The van der Waals surface area contributed by atoms with Crippen molar-refractivity contribution >= 4 is 5.91 Å². The molecule has 4 nitrogen and oxygen atoms in total. The van der Waals surface area contributed by atoms with E-state index in [2.05, 4.69) is 10.2 Å². The minimum atomic E-state index is 0.0882. The van der Waals surface area contributed by atoms with Gasteiger partial charge in [-0.05, 0) is 31.6 Å². The highest BCUT2D eigenvalue weighted by Gasteiger charge is 2.36. The van der Waals surface area contributed by atoms with E-state index in [0.29, 0.717) is 18.4 Å². The Morgan fingerprint density at radius 3 is 2.89 bits per heavy atom. The second-order valence-corrected chi connectivity index (χ2v) is 6.24. The third-order valence-corrected chi connectivity index (χ3v) is 4.97. The lowest BCUT2D eigenvalue weighted by molar-refractivity contribution is -0.141. The summed E-state index contributed by atoms with van der Waals surface area (Å²) in [6, 6.07) is 0.534. The van der Waals surface area contributed by atoms with Gasteiger partial charge in [0.25, 0.3) is 0 Å². The molecule has 0 radical (unpaired) electrons. The van der Waals surface area contributed by atoms with Crippen LogP contribution in [-0.2, 0) is 9.53 Å². The number of fused-ring (bicyclic) bond motifs is 1. The van der Waals surface area contributed by atoms with E-state index in [1.165, 1.54) is 38.5 Å². The van der Waals surface area contributed by atoms with E-state index in [9.17, 15) is 4.79 Å². The highest BCUT2D eigenvalue weighted by molar-refractivity contribution is 5.77. The van der Waals surface area contributed by atoms with Gasteiger partial charge >= 0.3 is 0 Å². The molecule has 3 rings (SSSR count). The van der Waals surface area contributed by atoms with Crippen LogP contribution >= 0.6 is 0 Å². The largest absolute Gasteiger partial charge is 0.375 e. The Balaban J connectivity index is 1.58. The van der Waals surface area contributed by atoms with Crippen molar-refractivity contribution in [3.63, 3.8) is 0 Å². The maximum Gasteiger partial charge on any atom is 0.225 e. The number of nitrogens with one attached hydrogen (secondary N) is 1. The lowest BCUT2D eigenvalue weighted by Crippen LogP contribution is -2.51. The van der Waals surface area contributed by atoms with Gasteiger partial charge in [0, 0.05) is 25.7 Å². The number of carbonyl (C=O) groups excluding carboxylic acids is 1. The number of carbonyl (C=O) groups is 1. The van der Waals surface area contributed by atoms with Gasteiger partial charge in [-0.3, -0.25) is 4.79 Å².